The number of carbonyl (C=O) groups is 1. The molecule has 0 aliphatic rings. The van der Waals surface area contributed by atoms with E-state index in [1.807, 2.05) is 32.2 Å². The third-order valence-corrected chi connectivity index (χ3v) is 2.57. The fraction of sp³-hybridized carbons (Fsp3) is 0.500. The average molecular weight is 266 g/mol. The molecular weight excluding hydrogens is 244 g/mol. The number of nitrogens with zero attached hydrogens (tertiary/aromatic N) is 1. The zero-order chi connectivity index (χ0) is 14.3. The lowest BCUT2D eigenvalue weighted by Crippen LogP contribution is -2.28. The lowest BCUT2D eigenvalue weighted by Gasteiger charge is -2.17. The van der Waals surface area contributed by atoms with Gasteiger partial charge in [0.2, 0.25) is 0 Å². The highest BCUT2D eigenvalue weighted by molar-refractivity contribution is 5.77. The van der Waals surface area contributed by atoms with Crippen LogP contribution in [0.2, 0.25) is 0 Å². The molecule has 0 aliphatic heterocycles. The van der Waals surface area contributed by atoms with Gasteiger partial charge in [0.1, 0.15) is 0 Å². The topological polar surface area (TPSA) is 50.8 Å². The molecule has 0 heterocycles. The van der Waals surface area contributed by atoms with Gasteiger partial charge in [0, 0.05) is 26.2 Å². The number of ether oxygens (including phenoxy) is 2. The van der Waals surface area contributed by atoms with Crippen LogP contribution in [0.4, 0.5) is 0 Å². The summed E-state index contributed by atoms with van der Waals surface area (Å²) in [5, 5.41) is 3.07. The van der Waals surface area contributed by atoms with E-state index in [1.54, 1.807) is 14.1 Å². The zero-order valence-electron chi connectivity index (χ0n) is 12.0. The summed E-state index contributed by atoms with van der Waals surface area (Å²) in [5.74, 6) is 1.22. The molecule has 0 bridgehead atoms. The van der Waals surface area contributed by atoms with Gasteiger partial charge in [-0.2, -0.15) is 0 Å². The summed E-state index contributed by atoms with van der Waals surface area (Å²) in [5.41, 5.74) is 0.972. The van der Waals surface area contributed by atoms with Crippen molar-refractivity contribution in [2.24, 2.45) is 0 Å². The molecule has 0 radical (unpaired) electrons. The molecule has 0 unspecified atom stereocenters. The first kappa shape index (κ1) is 15.3. The summed E-state index contributed by atoms with van der Waals surface area (Å²) in [4.78, 5) is 13.1. The molecule has 5 nitrogen and oxygen atoms in total. The predicted molar refractivity (Wildman–Crippen MR) is 74.6 cm³/mol. The molecule has 1 aromatic rings. The van der Waals surface area contributed by atoms with Crippen LogP contribution in [0.1, 0.15) is 12.5 Å². The molecule has 1 amide bonds. The van der Waals surface area contributed by atoms with E-state index in [0.29, 0.717) is 24.7 Å². The van der Waals surface area contributed by atoms with Crippen LogP contribution < -0.4 is 14.8 Å². The van der Waals surface area contributed by atoms with Crippen molar-refractivity contribution >= 4 is 5.91 Å². The Morgan fingerprint density at radius 2 is 2.05 bits per heavy atom. The van der Waals surface area contributed by atoms with Crippen LogP contribution >= 0.6 is 0 Å². The number of carbonyl (C=O) groups excluding carboxylic acids is 1. The first-order valence-corrected chi connectivity index (χ1v) is 6.32. The maximum atomic E-state index is 11.6. The smallest absolute Gasteiger partial charge is 0.259 e. The van der Waals surface area contributed by atoms with Gasteiger partial charge in [0.25, 0.3) is 5.91 Å². The highest BCUT2D eigenvalue weighted by Gasteiger charge is 2.13. The van der Waals surface area contributed by atoms with E-state index in [1.165, 1.54) is 4.90 Å². The van der Waals surface area contributed by atoms with Gasteiger partial charge in [-0.1, -0.05) is 12.1 Å². The van der Waals surface area contributed by atoms with Crippen molar-refractivity contribution in [1.29, 1.82) is 0 Å². The number of nitrogens with one attached hydrogen (secondary N) is 1. The summed E-state index contributed by atoms with van der Waals surface area (Å²) in [7, 11) is 5.27. The summed E-state index contributed by atoms with van der Waals surface area (Å²) >= 11 is 0. The number of amides is 1. The second-order valence-corrected chi connectivity index (χ2v) is 4.28. The molecule has 5 heteroatoms. The molecule has 0 spiro atoms. The van der Waals surface area contributed by atoms with Gasteiger partial charge in [-0.25, -0.2) is 0 Å². The Balaban J connectivity index is 2.90. The Kier molecular flexibility index (Phi) is 6.15. The molecule has 0 saturated carbocycles. The second-order valence-electron chi connectivity index (χ2n) is 4.28. The van der Waals surface area contributed by atoms with E-state index in [4.69, 9.17) is 9.47 Å². The molecular formula is C14H22N2O3. The number of rotatable bonds is 7. The monoisotopic (exact) mass is 266 g/mol. The highest BCUT2D eigenvalue weighted by Crippen LogP contribution is 2.31. The van der Waals surface area contributed by atoms with Crippen LogP contribution in [0.3, 0.4) is 0 Å². The summed E-state index contributed by atoms with van der Waals surface area (Å²) in [6, 6.07) is 5.71. The number of likely N-dealkylation sites (N-methyl/N-ethyl adjacent to an activating group) is 1. The van der Waals surface area contributed by atoms with E-state index < -0.39 is 0 Å². The van der Waals surface area contributed by atoms with Gasteiger partial charge in [0.15, 0.2) is 18.1 Å². The standard InChI is InChI=1S/C14H22N2O3/c1-5-18-12-8-6-7-11(9-15-2)14(12)19-10-13(17)16(3)4/h6-8,15H,5,9-10H2,1-4H3. The van der Waals surface area contributed by atoms with Crippen LogP contribution in [-0.4, -0.2) is 45.2 Å². The average Bonchev–Trinajstić information content (AvgIpc) is 2.38. The second kappa shape index (κ2) is 7.63. The van der Waals surface area contributed by atoms with E-state index in [2.05, 4.69) is 5.32 Å². The number of benzene rings is 1. The van der Waals surface area contributed by atoms with Crippen molar-refractivity contribution < 1.29 is 14.3 Å². The minimum absolute atomic E-state index is 0.00774. The van der Waals surface area contributed by atoms with Crippen molar-refractivity contribution in [3.63, 3.8) is 0 Å². The third kappa shape index (κ3) is 4.44. The van der Waals surface area contributed by atoms with Crippen molar-refractivity contribution in [3.8, 4) is 11.5 Å². The van der Waals surface area contributed by atoms with Crippen molar-refractivity contribution in [3.05, 3.63) is 23.8 Å². The van der Waals surface area contributed by atoms with Crippen molar-refractivity contribution in [1.82, 2.24) is 10.2 Å². The van der Waals surface area contributed by atoms with Gasteiger partial charge < -0.3 is 19.7 Å². The molecule has 1 rings (SSSR count). The molecule has 106 valence electrons. The van der Waals surface area contributed by atoms with E-state index in [-0.39, 0.29) is 12.5 Å². The molecule has 0 aromatic heterocycles. The molecule has 0 saturated heterocycles. The van der Waals surface area contributed by atoms with Gasteiger partial charge in [-0.3, -0.25) is 4.79 Å². The van der Waals surface area contributed by atoms with E-state index in [0.717, 1.165) is 5.56 Å². The Labute approximate surface area is 114 Å². The largest absolute Gasteiger partial charge is 0.490 e. The minimum Gasteiger partial charge on any atom is -0.490 e. The van der Waals surface area contributed by atoms with Crippen LogP contribution in [0, 0.1) is 0 Å². The molecule has 19 heavy (non-hydrogen) atoms. The minimum atomic E-state index is -0.0818. The SMILES string of the molecule is CCOc1cccc(CNC)c1OCC(=O)N(C)C. The number of hydrogen-bond acceptors (Lipinski definition) is 4. The van der Waals surface area contributed by atoms with Gasteiger partial charge in [-0.05, 0) is 20.0 Å². The van der Waals surface area contributed by atoms with Crippen molar-refractivity contribution in [2.75, 3.05) is 34.4 Å². The lowest BCUT2D eigenvalue weighted by molar-refractivity contribution is -0.130. The molecule has 1 aromatic carbocycles. The zero-order valence-corrected chi connectivity index (χ0v) is 12.0. The Bertz CT molecular complexity index is 395. The lowest BCUT2D eigenvalue weighted by atomic mass is 10.2. The molecule has 0 fully saturated rings. The first-order valence-electron chi connectivity index (χ1n) is 6.32. The summed E-state index contributed by atoms with van der Waals surface area (Å²) < 4.78 is 11.2. The van der Waals surface area contributed by atoms with Crippen LogP contribution in [0.25, 0.3) is 0 Å². The normalized spacial score (nSPS) is 10.1. The van der Waals surface area contributed by atoms with Crippen LogP contribution in [0.5, 0.6) is 11.5 Å². The van der Waals surface area contributed by atoms with E-state index >= 15 is 0 Å². The summed E-state index contributed by atoms with van der Waals surface area (Å²) in [6.45, 7) is 3.14. The maximum Gasteiger partial charge on any atom is 0.259 e. The van der Waals surface area contributed by atoms with Crippen LogP contribution in [0.15, 0.2) is 18.2 Å². The third-order valence-electron chi connectivity index (χ3n) is 2.57. The fourth-order valence-electron chi connectivity index (χ4n) is 1.59. The fourth-order valence-corrected chi connectivity index (χ4v) is 1.59. The van der Waals surface area contributed by atoms with Gasteiger partial charge in [-0.15, -0.1) is 0 Å². The Morgan fingerprint density at radius 3 is 2.63 bits per heavy atom. The van der Waals surface area contributed by atoms with Gasteiger partial charge >= 0.3 is 0 Å². The summed E-state index contributed by atoms with van der Waals surface area (Å²) in [6.07, 6.45) is 0. The van der Waals surface area contributed by atoms with E-state index in [9.17, 15) is 4.79 Å². The predicted octanol–water partition coefficient (Wildman–Crippen LogP) is 1.27. The molecule has 0 atom stereocenters. The van der Waals surface area contributed by atoms with Gasteiger partial charge in [0.05, 0.1) is 6.61 Å². The maximum absolute atomic E-state index is 11.6. The first-order chi connectivity index (χ1) is 9.10. The van der Waals surface area contributed by atoms with Crippen molar-refractivity contribution in [2.45, 2.75) is 13.5 Å². The molecule has 0 aliphatic carbocycles. The Morgan fingerprint density at radius 1 is 1.32 bits per heavy atom. The highest BCUT2D eigenvalue weighted by atomic mass is 16.5. The number of para-hydroxylation sites is 1. The quantitative estimate of drug-likeness (QED) is 0.807. The van der Waals surface area contributed by atoms with Crippen LogP contribution in [-0.2, 0) is 11.3 Å². The Hall–Kier alpha value is -1.75. The number of hydrogen-bond donors (Lipinski definition) is 1. The molecule has 1 N–H and O–H groups in total.